The van der Waals surface area contributed by atoms with Crippen molar-refractivity contribution in [3.05, 3.63) is 28.7 Å². The Labute approximate surface area is 97.0 Å². The van der Waals surface area contributed by atoms with E-state index >= 15 is 0 Å². The first kappa shape index (κ1) is 9.80. The molecule has 6 heteroatoms. The standard InChI is InChI=1S/C10H12N4OS/c1-15-8-4-7(16-14-8)10-9-6(2-3-11-10)12-5-13-9/h4-5,10-11H,2-3H2,1H3,(H,12,13). The van der Waals surface area contributed by atoms with Gasteiger partial charge in [0.1, 0.15) is 0 Å². The zero-order valence-corrected chi connectivity index (χ0v) is 9.67. The highest BCUT2D eigenvalue weighted by molar-refractivity contribution is 7.06. The van der Waals surface area contributed by atoms with Crippen LogP contribution in [0.3, 0.4) is 0 Å². The van der Waals surface area contributed by atoms with Gasteiger partial charge in [-0.05, 0) is 11.5 Å². The topological polar surface area (TPSA) is 62.8 Å². The van der Waals surface area contributed by atoms with Crippen LogP contribution in [0.1, 0.15) is 22.3 Å². The van der Waals surface area contributed by atoms with Crippen LogP contribution in [0, 0.1) is 0 Å². The lowest BCUT2D eigenvalue weighted by Crippen LogP contribution is -2.30. The molecule has 1 aliphatic rings. The van der Waals surface area contributed by atoms with Gasteiger partial charge in [0.25, 0.3) is 0 Å². The number of methoxy groups -OCH3 is 1. The number of hydrogen-bond acceptors (Lipinski definition) is 5. The predicted molar refractivity (Wildman–Crippen MR) is 60.8 cm³/mol. The second-order valence-corrected chi connectivity index (χ2v) is 4.51. The number of aromatic nitrogens is 3. The quantitative estimate of drug-likeness (QED) is 0.820. The van der Waals surface area contributed by atoms with Gasteiger partial charge in [-0.1, -0.05) is 0 Å². The first-order valence-corrected chi connectivity index (χ1v) is 5.92. The minimum absolute atomic E-state index is 0.149. The van der Waals surface area contributed by atoms with Crippen LogP contribution in [0.2, 0.25) is 0 Å². The third kappa shape index (κ3) is 1.50. The third-order valence-electron chi connectivity index (χ3n) is 2.75. The van der Waals surface area contributed by atoms with Gasteiger partial charge in [-0.15, -0.1) is 0 Å². The summed E-state index contributed by atoms with van der Waals surface area (Å²) < 4.78 is 9.31. The van der Waals surface area contributed by atoms with Gasteiger partial charge in [0.2, 0.25) is 5.88 Å². The molecule has 0 aliphatic carbocycles. The van der Waals surface area contributed by atoms with Crippen molar-refractivity contribution in [3.8, 4) is 5.88 Å². The van der Waals surface area contributed by atoms with Crippen LogP contribution in [0.15, 0.2) is 12.4 Å². The van der Waals surface area contributed by atoms with Crippen molar-refractivity contribution < 1.29 is 4.74 Å². The Morgan fingerprint density at radius 3 is 3.31 bits per heavy atom. The van der Waals surface area contributed by atoms with Crippen LogP contribution < -0.4 is 10.1 Å². The molecule has 84 valence electrons. The SMILES string of the molecule is COc1cc(C2NCCc3[nH]cnc32)sn1. The van der Waals surface area contributed by atoms with Gasteiger partial charge in [-0.3, -0.25) is 0 Å². The lowest BCUT2D eigenvalue weighted by molar-refractivity contribution is 0.402. The highest BCUT2D eigenvalue weighted by atomic mass is 32.1. The molecule has 3 rings (SSSR count). The number of nitrogens with one attached hydrogen (secondary N) is 2. The van der Waals surface area contributed by atoms with E-state index in [-0.39, 0.29) is 6.04 Å². The monoisotopic (exact) mass is 236 g/mol. The Morgan fingerprint density at radius 2 is 2.50 bits per heavy atom. The largest absolute Gasteiger partial charge is 0.480 e. The second kappa shape index (κ2) is 3.88. The number of imidazole rings is 1. The van der Waals surface area contributed by atoms with Gasteiger partial charge in [-0.25, -0.2) is 4.98 Å². The number of nitrogens with zero attached hydrogens (tertiary/aromatic N) is 2. The molecule has 0 spiro atoms. The number of rotatable bonds is 2. The number of ether oxygens (including phenoxy) is 1. The lowest BCUT2D eigenvalue weighted by atomic mass is 10.0. The summed E-state index contributed by atoms with van der Waals surface area (Å²) in [6, 6.07) is 2.11. The number of aromatic amines is 1. The molecule has 16 heavy (non-hydrogen) atoms. The van der Waals surface area contributed by atoms with Crippen LogP contribution in [0.4, 0.5) is 0 Å². The summed E-state index contributed by atoms with van der Waals surface area (Å²) in [7, 11) is 1.63. The van der Waals surface area contributed by atoms with Crippen molar-refractivity contribution in [3.63, 3.8) is 0 Å². The summed E-state index contributed by atoms with van der Waals surface area (Å²) in [5, 5.41) is 3.45. The first-order valence-electron chi connectivity index (χ1n) is 5.14. The second-order valence-electron chi connectivity index (χ2n) is 3.68. The average Bonchev–Trinajstić information content (AvgIpc) is 2.97. The van der Waals surface area contributed by atoms with E-state index in [0.29, 0.717) is 5.88 Å². The fourth-order valence-electron chi connectivity index (χ4n) is 1.96. The van der Waals surface area contributed by atoms with Crippen molar-refractivity contribution in [1.29, 1.82) is 0 Å². The van der Waals surface area contributed by atoms with E-state index in [4.69, 9.17) is 4.74 Å². The maximum Gasteiger partial charge on any atom is 0.225 e. The van der Waals surface area contributed by atoms with Crippen LogP contribution in [0.25, 0.3) is 0 Å². The third-order valence-corrected chi connectivity index (χ3v) is 3.58. The molecule has 0 saturated carbocycles. The molecule has 1 aliphatic heterocycles. The molecule has 0 saturated heterocycles. The Hall–Kier alpha value is -1.40. The molecule has 0 fully saturated rings. The zero-order chi connectivity index (χ0) is 11.0. The van der Waals surface area contributed by atoms with E-state index in [1.165, 1.54) is 17.2 Å². The molecule has 0 amide bonds. The van der Waals surface area contributed by atoms with Gasteiger partial charge in [0.15, 0.2) is 0 Å². The molecule has 0 radical (unpaired) electrons. The van der Waals surface area contributed by atoms with Crippen molar-refractivity contribution in [1.82, 2.24) is 19.7 Å². The Bertz CT molecular complexity index is 492. The van der Waals surface area contributed by atoms with Crippen molar-refractivity contribution in [2.75, 3.05) is 13.7 Å². The van der Waals surface area contributed by atoms with E-state index in [1.54, 1.807) is 13.4 Å². The fraction of sp³-hybridized carbons (Fsp3) is 0.400. The maximum atomic E-state index is 5.10. The highest BCUT2D eigenvalue weighted by Gasteiger charge is 2.25. The molecule has 2 N–H and O–H groups in total. The van der Waals surface area contributed by atoms with E-state index in [0.717, 1.165) is 23.5 Å². The molecular formula is C10H12N4OS. The summed E-state index contributed by atoms with van der Waals surface area (Å²) >= 11 is 1.46. The van der Waals surface area contributed by atoms with Crippen LogP contribution in [0.5, 0.6) is 5.88 Å². The Balaban J connectivity index is 1.97. The predicted octanol–water partition coefficient (Wildman–Crippen LogP) is 1.11. The van der Waals surface area contributed by atoms with Crippen molar-refractivity contribution >= 4 is 11.5 Å². The van der Waals surface area contributed by atoms with Crippen LogP contribution in [-0.2, 0) is 6.42 Å². The number of fused-ring (bicyclic) bond motifs is 1. The van der Waals surface area contributed by atoms with Crippen molar-refractivity contribution in [2.24, 2.45) is 0 Å². The van der Waals surface area contributed by atoms with E-state index in [1.807, 2.05) is 6.07 Å². The molecule has 1 unspecified atom stereocenters. The summed E-state index contributed by atoms with van der Waals surface area (Å²) in [6.45, 7) is 0.958. The molecule has 2 aromatic heterocycles. The van der Waals surface area contributed by atoms with Gasteiger partial charge < -0.3 is 15.0 Å². The Morgan fingerprint density at radius 1 is 1.56 bits per heavy atom. The molecule has 1 atom stereocenters. The highest BCUT2D eigenvalue weighted by Crippen LogP contribution is 2.30. The molecule has 5 nitrogen and oxygen atoms in total. The van der Waals surface area contributed by atoms with E-state index in [2.05, 4.69) is 19.7 Å². The van der Waals surface area contributed by atoms with Gasteiger partial charge in [0, 0.05) is 24.7 Å². The van der Waals surface area contributed by atoms with E-state index < -0.39 is 0 Å². The molecular weight excluding hydrogens is 224 g/mol. The summed E-state index contributed by atoms with van der Waals surface area (Å²) in [5.74, 6) is 0.671. The number of H-pyrrole nitrogens is 1. The van der Waals surface area contributed by atoms with E-state index in [9.17, 15) is 0 Å². The molecule has 0 aromatic carbocycles. The van der Waals surface area contributed by atoms with Crippen LogP contribution >= 0.6 is 11.5 Å². The van der Waals surface area contributed by atoms with Gasteiger partial charge in [0.05, 0.1) is 30.1 Å². The van der Waals surface area contributed by atoms with Gasteiger partial charge in [-0.2, -0.15) is 4.37 Å². The summed E-state index contributed by atoms with van der Waals surface area (Å²) in [4.78, 5) is 8.69. The summed E-state index contributed by atoms with van der Waals surface area (Å²) in [5.41, 5.74) is 2.30. The first-order chi connectivity index (χ1) is 7.88. The molecule has 3 heterocycles. The lowest BCUT2D eigenvalue weighted by Gasteiger charge is -2.21. The number of hydrogen-bond donors (Lipinski definition) is 2. The minimum Gasteiger partial charge on any atom is -0.480 e. The molecule has 2 aromatic rings. The summed E-state index contributed by atoms with van der Waals surface area (Å²) in [6.07, 6.45) is 2.75. The maximum absolute atomic E-state index is 5.10. The van der Waals surface area contributed by atoms with Gasteiger partial charge >= 0.3 is 0 Å². The Kier molecular flexibility index (Phi) is 2.37. The fourth-order valence-corrected chi connectivity index (χ4v) is 2.73. The van der Waals surface area contributed by atoms with Crippen molar-refractivity contribution in [2.45, 2.75) is 12.5 Å². The normalized spacial score (nSPS) is 19.4. The minimum atomic E-state index is 0.149. The molecule has 0 bridgehead atoms. The zero-order valence-electron chi connectivity index (χ0n) is 8.86. The average molecular weight is 236 g/mol. The smallest absolute Gasteiger partial charge is 0.225 e. The van der Waals surface area contributed by atoms with Crippen LogP contribution in [-0.4, -0.2) is 28.0 Å².